The molecule has 3 nitrogen and oxygen atoms in total. The van der Waals surface area contributed by atoms with Crippen molar-refractivity contribution >= 4 is 17.4 Å². The van der Waals surface area contributed by atoms with E-state index in [1.54, 1.807) is 19.9 Å². The molecule has 1 aromatic heterocycles. The molecule has 3 N–H and O–H groups in total. The summed E-state index contributed by atoms with van der Waals surface area (Å²) in [5, 5.41) is 10.1. The number of nitrogens with zero attached hydrogens (tertiary/aromatic N) is 1. The lowest BCUT2D eigenvalue weighted by molar-refractivity contribution is 0.0791. The molecule has 0 atom stereocenters. The molecule has 0 aromatic carbocycles. The van der Waals surface area contributed by atoms with Crippen LogP contribution >= 0.6 is 11.6 Å². The average Bonchev–Trinajstić information content (AvgIpc) is 1.92. The van der Waals surface area contributed by atoms with E-state index in [9.17, 15) is 5.11 Å². The second kappa shape index (κ2) is 2.92. The number of nitrogen functional groups attached to an aromatic ring is 1. The van der Waals surface area contributed by atoms with Crippen molar-refractivity contribution in [1.29, 1.82) is 0 Å². The van der Waals surface area contributed by atoms with E-state index in [1.807, 2.05) is 0 Å². The normalized spacial score (nSPS) is 11.7. The molecule has 1 aromatic rings. The van der Waals surface area contributed by atoms with Gasteiger partial charge in [0.2, 0.25) is 0 Å². The average molecular weight is 187 g/mol. The molecule has 0 unspecified atom stereocenters. The minimum absolute atomic E-state index is 0.312. The summed E-state index contributed by atoms with van der Waals surface area (Å²) in [6, 6.07) is 1.61. The van der Waals surface area contributed by atoms with Crippen molar-refractivity contribution in [2.75, 3.05) is 5.73 Å². The number of aromatic nitrogens is 1. The molecule has 0 radical (unpaired) electrons. The number of hydrogen-bond donors (Lipinski definition) is 2. The van der Waals surface area contributed by atoms with E-state index in [0.29, 0.717) is 16.4 Å². The topological polar surface area (TPSA) is 59.1 Å². The Morgan fingerprint density at radius 2 is 2.17 bits per heavy atom. The molecule has 0 fully saturated rings. The minimum Gasteiger partial charge on any atom is -0.386 e. The fourth-order valence-corrected chi connectivity index (χ4v) is 1.10. The van der Waals surface area contributed by atoms with E-state index in [2.05, 4.69) is 4.98 Å². The first kappa shape index (κ1) is 9.29. The Kier molecular flexibility index (Phi) is 2.26. The zero-order valence-electron chi connectivity index (χ0n) is 7.00. The molecule has 0 saturated heterocycles. The first-order valence-electron chi connectivity index (χ1n) is 3.55. The lowest BCUT2D eigenvalue weighted by Crippen LogP contribution is -2.18. The maximum atomic E-state index is 9.62. The molecule has 4 heteroatoms. The fourth-order valence-electron chi connectivity index (χ4n) is 0.940. The van der Waals surface area contributed by atoms with Crippen LogP contribution < -0.4 is 5.73 Å². The quantitative estimate of drug-likeness (QED) is 0.700. The van der Waals surface area contributed by atoms with Crippen molar-refractivity contribution in [2.45, 2.75) is 19.4 Å². The van der Waals surface area contributed by atoms with Crippen LogP contribution in [-0.2, 0) is 5.60 Å². The SMILES string of the molecule is CC(C)(O)c1cc(Cl)cnc1N. The number of rotatable bonds is 1. The molecule has 12 heavy (non-hydrogen) atoms. The van der Waals surface area contributed by atoms with Gasteiger partial charge in [0.25, 0.3) is 0 Å². The molecule has 1 rings (SSSR count). The molecule has 66 valence electrons. The fraction of sp³-hybridized carbons (Fsp3) is 0.375. The van der Waals surface area contributed by atoms with Crippen molar-refractivity contribution in [3.05, 3.63) is 22.8 Å². The van der Waals surface area contributed by atoms with Gasteiger partial charge < -0.3 is 10.8 Å². The van der Waals surface area contributed by atoms with E-state index < -0.39 is 5.60 Å². The Hall–Kier alpha value is -0.800. The van der Waals surface area contributed by atoms with Crippen molar-refractivity contribution in [2.24, 2.45) is 0 Å². The third-order valence-electron chi connectivity index (χ3n) is 1.54. The van der Waals surface area contributed by atoms with Crippen molar-refractivity contribution in [3.8, 4) is 0 Å². The van der Waals surface area contributed by atoms with E-state index in [4.69, 9.17) is 17.3 Å². The summed E-state index contributed by atoms with van der Waals surface area (Å²) in [4.78, 5) is 3.83. The lowest BCUT2D eigenvalue weighted by Gasteiger charge is -2.18. The van der Waals surface area contributed by atoms with E-state index >= 15 is 0 Å². The summed E-state index contributed by atoms with van der Waals surface area (Å²) in [6.45, 7) is 3.27. The Morgan fingerprint density at radius 1 is 1.58 bits per heavy atom. The zero-order chi connectivity index (χ0) is 9.35. The molecule has 0 spiro atoms. The number of aliphatic hydroxyl groups is 1. The molecule has 0 aliphatic carbocycles. The summed E-state index contributed by atoms with van der Waals surface area (Å²) in [5.74, 6) is 0.312. The lowest BCUT2D eigenvalue weighted by atomic mass is 9.99. The van der Waals surface area contributed by atoms with Crippen LogP contribution in [0.15, 0.2) is 12.3 Å². The Bertz CT molecular complexity index is 294. The zero-order valence-corrected chi connectivity index (χ0v) is 7.76. The molecule has 0 aliphatic rings. The monoisotopic (exact) mass is 186 g/mol. The molecule has 1 heterocycles. The van der Waals surface area contributed by atoms with E-state index in [1.165, 1.54) is 6.20 Å². The summed E-state index contributed by atoms with van der Waals surface area (Å²) >= 11 is 5.69. The standard InChI is InChI=1S/C8H11ClN2O/c1-8(2,12)6-3-5(9)4-11-7(6)10/h3-4,12H,1-2H3,(H2,10,11). The first-order chi connectivity index (χ1) is 5.41. The smallest absolute Gasteiger partial charge is 0.129 e. The summed E-state index contributed by atoms with van der Waals surface area (Å²) in [7, 11) is 0. The van der Waals surface area contributed by atoms with Crippen molar-refractivity contribution < 1.29 is 5.11 Å². The predicted molar refractivity (Wildman–Crippen MR) is 48.9 cm³/mol. The van der Waals surface area contributed by atoms with Gasteiger partial charge in [0.05, 0.1) is 10.6 Å². The van der Waals surface area contributed by atoms with Crippen LogP contribution in [0.3, 0.4) is 0 Å². The van der Waals surface area contributed by atoms with Crippen LogP contribution in [0.2, 0.25) is 5.02 Å². The predicted octanol–water partition coefficient (Wildman–Crippen LogP) is 1.54. The van der Waals surface area contributed by atoms with E-state index in [-0.39, 0.29) is 0 Å². The van der Waals surface area contributed by atoms with Crippen LogP contribution in [0.25, 0.3) is 0 Å². The molecule has 0 saturated carbocycles. The minimum atomic E-state index is -0.998. The van der Waals surface area contributed by atoms with Gasteiger partial charge in [0.1, 0.15) is 5.82 Å². The highest BCUT2D eigenvalue weighted by atomic mass is 35.5. The van der Waals surface area contributed by atoms with Crippen molar-refractivity contribution in [1.82, 2.24) is 4.98 Å². The summed E-state index contributed by atoms with van der Waals surface area (Å²) in [5.41, 5.74) is 5.10. The Labute approximate surface area is 76.2 Å². The van der Waals surface area contributed by atoms with Gasteiger partial charge >= 0.3 is 0 Å². The van der Waals surface area contributed by atoms with Gasteiger partial charge in [-0.2, -0.15) is 0 Å². The Morgan fingerprint density at radius 3 is 2.58 bits per heavy atom. The molecular weight excluding hydrogens is 176 g/mol. The van der Waals surface area contributed by atoms with Gasteiger partial charge in [-0.25, -0.2) is 4.98 Å². The highest BCUT2D eigenvalue weighted by Crippen LogP contribution is 2.26. The molecular formula is C8H11ClN2O. The van der Waals surface area contributed by atoms with Gasteiger partial charge in [-0.05, 0) is 19.9 Å². The van der Waals surface area contributed by atoms with Crippen LogP contribution in [0.5, 0.6) is 0 Å². The number of hydrogen-bond acceptors (Lipinski definition) is 3. The third-order valence-corrected chi connectivity index (χ3v) is 1.75. The molecule has 0 amide bonds. The highest BCUT2D eigenvalue weighted by molar-refractivity contribution is 6.30. The van der Waals surface area contributed by atoms with Crippen molar-refractivity contribution in [3.63, 3.8) is 0 Å². The third kappa shape index (κ3) is 1.87. The second-order valence-corrected chi connectivity index (χ2v) is 3.58. The first-order valence-corrected chi connectivity index (χ1v) is 3.93. The van der Waals surface area contributed by atoms with Crippen LogP contribution in [0.4, 0.5) is 5.82 Å². The maximum Gasteiger partial charge on any atom is 0.129 e. The van der Waals surface area contributed by atoms with Crippen LogP contribution in [0.1, 0.15) is 19.4 Å². The second-order valence-electron chi connectivity index (χ2n) is 3.15. The van der Waals surface area contributed by atoms with Gasteiger partial charge in [-0.1, -0.05) is 11.6 Å². The van der Waals surface area contributed by atoms with Crippen LogP contribution in [-0.4, -0.2) is 10.1 Å². The molecule has 0 bridgehead atoms. The van der Waals surface area contributed by atoms with Crippen LogP contribution in [0, 0.1) is 0 Å². The maximum absolute atomic E-state index is 9.62. The number of pyridine rings is 1. The Balaban J connectivity index is 3.23. The van der Waals surface area contributed by atoms with Gasteiger partial charge in [0.15, 0.2) is 0 Å². The van der Waals surface area contributed by atoms with Gasteiger partial charge in [0, 0.05) is 11.8 Å². The number of anilines is 1. The molecule has 0 aliphatic heterocycles. The largest absolute Gasteiger partial charge is 0.386 e. The van der Waals surface area contributed by atoms with Gasteiger partial charge in [-0.3, -0.25) is 0 Å². The van der Waals surface area contributed by atoms with Gasteiger partial charge in [-0.15, -0.1) is 0 Å². The summed E-state index contributed by atoms with van der Waals surface area (Å²) < 4.78 is 0. The highest BCUT2D eigenvalue weighted by Gasteiger charge is 2.19. The number of halogens is 1. The number of nitrogens with two attached hydrogens (primary N) is 1. The van der Waals surface area contributed by atoms with E-state index in [0.717, 1.165) is 0 Å². The summed E-state index contributed by atoms with van der Waals surface area (Å²) in [6.07, 6.45) is 1.45.